The van der Waals surface area contributed by atoms with Crippen molar-refractivity contribution in [3.8, 4) is 5.75 Å². The van der Waals surface area contributed by atoms with Gasteiger partial charge in [0.2, 0.25) is 5.91 Å². The van der Waals surface area contributed by atoms with Gasteiger partial charge >= 0.3 is 0 Å². The van der Waals surface area contributed by atoms with Crippen molar-refractivity contribution >= 4 is 11.6 Å². The summed E-state index contributed by atoms with van der Waals surface area (Å²) in [4.78, 5) is 12.3. The first-order chi connectivity index (χ1) is 10.7. The maximum absolute atomic E-state index is 13.3. The number of amides is 1. The van der Waals surface area contributed by atoms with Gasteiger partial charge in [0.05, 0.1) is 12.5 Å². The largest absolute Gasteiger partial charge is 0.492 e. The van der Waals surface area contributed by atoms with Gasteiger partial charge in [-0.25, -0.2) is 4.39 Å². The van der Waals surface area contributed by atoms with Gasteiger partial charge in [-0.15, -0.1) is 0 Å². The highest BCUT2D eigenvalue weighted by molar-refractivity contribution is 5.93. The van der Waals surface area contributed by atoms with Crippen LogP contribution in [0, 0.1) is 11.7 Å². The van der Waals surface area contributed by atoms with E-state index in [9.17, 15) is 9.18 Å². The number of hydrogen-bond donors (Lipinski definition) is 2. The van der Waals surface area contributed by atoms with Crippen LogP contribution in [0.2, 0.25) is 0 Å². The van der Waals surface area contributed by atoms with Crippen LogP contribution in [0.3, 0.4) is 0 Å². The Balaban J connectivity index is 1.71. The summed E-state index contributed by atoms with van der Waals surface area (Å²) >= 11 is 0. The molecule has 114 valence electrons. The van der Waals surface area contributed by atoms with Gasteiger partial charge < -0.3 is 15.2 Å². The summed E-state index contributed by atoms with van der Waals surface area (Å²) in [5, 5.41) is 11.9. The molecular formula is C17H16FNO3. The third-order valence-electron chi connectivity index (χ3n) is 3.68. The quantitative estimate of drug-likeness (QED) is 0.916. The van der Waals surface area contributed by atoms with Gasteiger partial charge in [0.15, 0.2) is 0 Å². The van der Waals surface area contributed by atoms with Crippen LogP contribution in [-0.4, -0.2) is 17.6 Å². The van der Waals surface area contributed by atoms with Gasteiger partial charge in [0.25, 0.3) is 0 Å². The molecular weight excluding hydrogens is 285 g/mol. The Morgan fingerprint density at radius 3 is 3.00 bits per heavy atom. The zero-order valence-corrected chi connectivity index (χ0v) is 11.9. The smallest absolute Gasteiger partial charge is 0.231 e. The molecule has 1 aliphatic rings. The molecule has 2 aromatic rings. The molecule has 0 aliphatic carbocycles. The van der Waals surface area contributed by atoms with Crippen LogP contribution in [0.5, 0.6) is 5.75 Å². The molecule has 2 aromatic carbocycles. The number of carbonyl (C=O) groups excluding carboxylic acids is 1. The van der Waals surface area contributed by atoms with Crippen molar-refractivity contribution in [3.63, 3.8) is 0 Å². The van der Waals surface area contributed by atoms with Gasteiger partial charge in [-0.1, -0.05) is 12.1 Å². The Labute approximate surface area is 127 Å². The standard InChI is InChI=1S/C17H16FNO3/c18-14-4-5-16-12(8-14)7-13(10-22-16)17(21)19-15-3-1-2-11(6-15)9-20/h1-6,8,13,20H,7,9-10H2,(H,19,21). The van der Waals surface area contributed by atoms with Crippen molar-refractivity contribution in [2.24, 2.45) is 5.92 Å². The zero-order chi connectivity index (χ0) is 15.5. The van der Waals surface area contributed by atoms with Crippen LogP contribution in [0.4, 0.5) is 10.1 Å². The van der Waals surface area contributed by atoms with Crippen molar-refractivity contribution in [3.05, 3.63) is 59.4 Å². The third kappa shape index (κ3) is 3.09. The number of rotatable bonds is 3. The van der Waals surface area contributed by atoms with Gasteiger partial charge in [0.1, 0.15) is 18.2 Å². The molecule has 0 bridgehead atoms. The minimum Gasteiger partial charge on any atom is -0.492 e. The fourth-order valence-electron chi connectivity index (χ4n) is 2.52. The average molecular weight is 301 g/mol. The lowest BCUT2D eigenvalue weighted by atomic mass is 9.96. The van der Waals surface area contributed by atoms with E-state index in [-0.39, 0.29) is 30.9 Å². The first kappa shape index (κ1) is 14.5. The number of halogens is 1. The first-order valence-corrected chi connectivity index (χ1v) is 7.07. The molecule has 1 unspecified atom stereocenters. The molecule has 0 fully saturated rings. The number of anilines is 1. The molecule has 1 amide bonds. The summed E-state index contributed by atoms with van der Waals surface area (Å²) < 4.78 is 18.8. The second kappa shape index (κ2) is 6.15. The van der Waals surface area contributed by atoms with E-state index in [1.807, 2.05) is 0 Å². The van der Waals surface area contributed by atoms with E-state index in [1.165, 1.54) is 12.1 Å². The number of benzene rings is 2. The van der Waals surface area contributed by atoms with E-state index >= 15 is 0 Å². The molecule has 5 heteroatoms. The SMILES string of the molecule is O=C(Nc1cccc(CO)c1)C1COc2ccc(F)cc2C1. The Hall–Kier alpha value is -2.40. The summed E-state index contributed by atoms with van der Waals surface area (Å²) in [6.45, 7) is 0.188. The number of carbonyl (C=O) groups is 1. The molecule has 0 saturated heterocycles. The Morgan fingerprint density at radius 2 is 2.18 bits per heavy atom. The third-order valence-corrected chi connectivity index (χ3v) is 3.68. The normalized spacial score (nSPS) is 16.5. The minimum absolute atomic E-state index is 0.0805. The monoisotopic (exact) mass is 301 g/mol. The van der Waals surface area contributed by atoms with Crippen molar-refractivity contribution in [2.45, 2.75) is 13.0 Å². The number of aliphatic hydroxyl groups is 1. The predicted octanol–water partition coefficient (Wildman–Crippen LogP) is 2.51. The number of nitrogens with one attached hydrogen (secondary N) is 1. The average Bonchev–Trinajstić information content (AvgIpc) is 2.54. The molecule has 4 nitrogen and oxygen atoms in total. The molecule has 1 atom stereocenters. The Bertz CT molecular complexity index is 702. The molecule has 0 saturated carbocycles. The molecule has 0 spiro atoms. The van der Waals surface area contributed by atoms with Crippen molar-refractivity contribution < 1.29 is 19.0 Å². The molecule has 22 heavy (non-hydrogen) atoms. The lowest BCUT2D eigenvalue weighted by molar-refractivity contribution is -0.121. The predicted molar refractivity (Wildman–Crippen MR) is 80.1 cm³/mol. The first-order valence-electron chi connectivity index (χ1n) is 7.07. The molecule has 1 aliphatic heterocycles. The van der Waals surface area contributed by atoms with E-state index in [1.54, 1.807) is 30.3 Å². The van der Waals surface area contributed by atoms with E-state index in [2.05, 4.69) is 5.32 Å². The van der Waals surface area contributed by atoms with E-state index in [0.29, 0.717) is 23.4 Å². The summed E-state index contributed by atoms with van der Waals surface area (Å²) in [5.41, 5.74) is 2.06. The van der Waals surface area contributed by atoms with E-state index in [4.69, 9.17) is 9.84 Å². The van der Waals surface area contributed by atoms with Crippen LogP contribution in [0.1, 0.15) is 11.1 Å². The summed E-state index contributed by atoms with van der Waals surface area (Å²) in [7, 11) is 0. The van der Waals surface area contributed by atoms with Crippen LogP contribution < -0.4 is 10.1 Å². The Kier molecular flexibility index (Phi) is 4.06. The number of aliphatic hydroxyl groups excluding tert-OH is 1. The topological polar surface area (TPSA) is 58.6 Å². The number of hydrogen-bond acceptors (Lipinski definition) is 3. The van der Waals surface area contributed by atoms with Crippen LogP contribution in [0.15, 0.2) is 42.5 Å². The van der Waals surface area contributed by atoms with Gasteiger partial charge in [-0.2, -0.15) is 0 Å². The lowest BCUT2D eigenvalue weighted by Gasteiger charge is -2.24. The second-order valence-electron chi connectivity index (χ2n) is 5.31. The van der Waals surface area contributed by atoms with E-state index < -0.39 is 0 Å². The molecule has 0 radical (unpaired) electrons. The van der Waals surface area contributed by atoms with Crippen LogP contribution >= 0.6 is 0 Å². The van der Waals surface area contributed by atoms with Crippen molar-refractivity contribution in [1.29, 1.82) is 0 Å². The summed E-state index contributed by atoms with van der Waals surface area (Å²) in [5.74, 6) is -0.246. The van der Waals surface area contributed by atoms with Crippen LogP contribution in [-0.2, 0) is 17.8 Å². The number of ether oxygens (including phenoxy) is 1. The highest BCUT2D eigenvalue weighted by Crippen LogP contribution is 2.28. The highest BCUT2D eigenvalue weighted by atomic mass is 19.1. The van der Waals surface area contributed by atoms with Crippen LogP contribution in [0.25, 0.3) is 0 Å². The van der Waals surface area contributed by atoms with Gasteiger partial charge in [-0.3, -0.25) is 4.79 Å². The lowest BCUT2D eigenvalue weighted by Crippen LogP contribution is -2.32. The van der Waals surface area contributed by atoms with Gasteiger partial charge in [-0.05, 0) is 47.9 Å². The Morgan fingerprint density at radius 1 is 1.32 bits per heavy atom. The molecule has 2 N–H and O–H groups in total. The fourth-order valence-corrected chi connectivity index (χ4v) is 2.52. The second-order valence-corrected chi connectivity index (χ2v) is 5.31. The molecule has 0 aromatic heterocycles. The zero-order valence-electron chi connectivity index (χ0n) is 11.9. The summed E-state index contributed by atoms with van der Waals surface area (Å²) in [6, 6.07) is 11.4. The maximum Gasteiger partial charge on any atom is 0.231 e. The van der Waals surface area contributed by atoms with Gasteiger partial charge in [0, 0.05) is 5.69 Å². The fraction of sp³-hybridized carbons (Fsp3) is 0.235. The van der Waals surface area contributed by atoms with Crippen molar-refractivity contribution in [2.75, 3.05) is 11.9 Å². The van der Waals surface area contributed by atoms with Crippen molar-refractivity contribution in [1.82, 2.24) is 0 Å². The maximum atomic E-state index is 13.3. The molecule has 1 heterocycles. The highest BCUT2D eigenvalue weighted by Gasteiger charge is 2.26. The van der Waals surface area contributed by atoms with E-state index in [0.717, 1.165) is 5.56 Å². The number of fused-ring (bicyclic) bond motifs is 1. The molecule has 3 rings (SSSR count). The minimum atomic E-state index is -0.368. The summed E-state index contributed by atoms with van der Waals surface area (Å²) in [6.07, 6.45) is 0.443.